The molecule has 2 aliphatic rings. The molecule has 1 aliphatic carbocycles. The molecule has 1 saturated carbocycles. The van der Waals surface area contributed by atoms with Crippen molar-refractivity contribution in [2.45, 2.75) is 94.3 Å². The van der Waals surface area contributed by atoms with Crippen LogP contribution in [0.2, 0.25) is 0 Å². The Hall–Kier alpha value is -2.55. The van der Waals surface area contributed by atoms with Gasteiger partial charge in [0.05, 0.1) is 18.2 Å². The first kappa shape index (κ1) is 30.4. The first-order chi connectivity index (χ1) is 19.3. The Morgan fingerprint density at radius 1 is 1.12 bits per heavy atom. The molecule has 7 nitrogen and oxygen atoms in total. The number of thioether (sulfide) groups is 1. The summed E-state index contributed by atoms with van der Waals surface area (Å²) in [6.45, 7) is 4.16. The van der Waals surface area contributed by atoms with Crippen molar-refractivity contribution in [2.75, 3.05) is 12.3 Å². The molecule has 218 valence electrons. The van der Waals surface area contributed by atoms with Gasteiger partial charge in [0.25, 0.3) is 5.91 Å². The van der Waals surface area contributed by atoms with Crippen molar-refractivity contribution in [3.8, 4) is 5.75 Å². The second kappa shape index (κ2) is 14.4. The molecule has 8 heteroatoms. The number of phenolic OH excluding ortho intramolecular Hbond substituents is 1. The summed E-state index contributed by atoms with van der Waals surface area (Å²) < 4.78 is 0. The van der Waals surface area contributed by atoms with Crippen LogP contribution in [-0.4, -0.2) is 63.5 Å². The van der Waals surface area contributed by atoms with Crippen molar-refractivity contribution in [2.24, 2.45) is 17.6 Å². The number of fused-ring (bicyclic) bond motifs is 1. The van der Waals surface area contributed by atoms with E-state index in [9.17, 15) is 19.8 Å². The number of primary amides is 1. The first-order valence-electron chi connectivity index (χ1n) is 14.8. The number of nitrogens with one attached hydrogen (secondary N) is 1. The number of β-amino-alcohol motifs (C(OH)–C–C–N with tert-alkyl or cyclic N) is 1. The van der Waals surface area contributed by atoms with Crippen LogP contribution < -0.4 is 11.1 Å². The van der Waals surface area contributed by atoms with Gasteiger partial charge in [0.15, 0.2) is 0 Å². The van der Waals surface area contributed by atoms with Crippen molar-refractivity contribution in [3.63, 3.8) is 0 Å². The molecule has 0 spiro atoms. The van der Waals surface area contributed by atoms with Crippen molar-refractivity contribution in [1.29, 1.82) is 0 Å². The third kappa shape index (κ3) is 7.39. The zero-order valence-corrected chi connectivity index (χ0v) is 24.6. The third-order valence-corrected chi connectivity index (χ3v) is 10.0. The van der Waals surface area contributed by atoms with E-state index >= 15 is 0 Å². The van der Waals surface area contributed by atoms with Gasteiger partial charge in [-0.2, -0.15) is 0 Å². The number of hydrogen-bond acceptors (Lipinski definition) is 6. The van der Waals surface area contributed by atoms with Gasteiger partial charge in [0.2, 0.25) is 5.91 Å². The van der Waals surface area contributed by atoms with Gasteiger partial charge in [0, 0.05) is 34.4 Å². The number of rotatable bonds is 12. The fraction of sp³-hybridized carbons (Fsp3) is 0.562. The SMILES string of the molecule is CCCCC1C2CCCCC2CC(C(N)=O)N1C[C@@H](O)[C@H](CSc1ccccc1)NC(=O)c1cccc(O)c1C. The number of hydrogen-bond donors (Lipinski definition) is 4. The molecular formula is C32H45N3O4S. The van der Waals surface area contributed by atoms with Crippen LogP contribution in [0, 0.1) is 18.8 Å². The lowest BCUT2D eigenvalue weighted by Crippen LogP contribution is -2.62. The van der Waals surface area contributed by atoms with E-state index in [0.717, 1.165) is 43.4 Å². The summed E-state index contributed by atoms with van der Waals surface area (Å²) in [5.41, 5.74) is 6.86. The zero-order valence-electron chi connectivity index (χ0n) is 23.8. The minimum absolute atomic E-state index is 0.0572. The van der Waals surface area contributed by atoms with Crippen LogP contribution in [0.1, 0.15) is 74.2 Å². The average Bonchev–Trinajstić information content (AvgIpc) is 2.96. The monoisotopic (exact) mass is 567 g/mol. The van der Waals surface area contributed by atoms with Gasteiger partial charge in [-0.25, -0.2) is 0 Å². The highest BCUT2D eigenvalue weighted by molar-refractivity contribution is 7.99. The van der Waals surface area contributed by atoms with Crippen LogP contribution in [0.15, 0.2) is 53.4 Å². The summed E-state index contributed by atoms with van der Waals surface area (Å²) in [6.07, 6.45) is 7.64. The quantitative estimate of drug-likeness (QED) is 0.272. The third-order valence-electron chi connectivity index (χ3n) is 8.90. The molecule has 4 unspecified atom stereocenters. The maximum absolute atomic E-state index is 13.4. The lowest BCUT2D eigenvalue weighted by Gasteiger charge is -2.52. The van der Waals surface area contributed by atoms with Gasteiger partial charge < -0.3 is 21.3 Å². The van der Waals surface area contributed by atoms with Gasteiger partial charge in [0.1, 0.15) is 5.75 Å². The van der Waals surface area contributed by atoms with Crippen LogP contribution in [0.5, 0.6) is 5.75 Å². The molecule has 2 aromatic carbocycles. The maximum Gasteiger partial charge on any atom is 0.252 e. The van der Waals surface area contributed by atoms with Crippen LogP contribution in [-0.2, 0) is 4.79 Å². The predicted molar refractivity (Wildman–Crippen MR) is 160 cm³/mol. The minimum atomic E-state index is -0.913. The number of amides is 2. The number of nitrogens with zero attached hydrogens (tertiary/aromatic N) is 1. The summed E-state index contributed by atoms with van der Waals surface area (Å²) >= 11 is 1.57. The van der Waals surface area contributed by atoms with Crippen LogP contribution >= 0.6 is 11.8 Å². The molecule has 2 amide bonds. The smallest absolute Gasteiger partial charge is 0.252 e. The Morgan fingerprint density at radius 3 is 2.60 bits per heavy atom. The van der Waals surface area contributed by atoms with Crippen LogP contribution in [0.3, 0.4) is 0 Å². The molecule has 1 saturated heterocycles. The highest BCUT2D eigenvalue weighted by Crippen LogP contribution is 2.44. The zero-order chi connectivity index (χ0) is 28.6. The highest BCUT2D eigenvalue weighted by atomic mass is 32.2. The number of carbonyl (C=O) groups excluding carboxylic acids is 2. The fourth-order valence-electron chi connectivity index (χ4n) is 6.68. The van der Waals surface area contributed by atoms with E-state index in [-0.39, 0.29) is 30.2 Å². The number of phenols is 1. The number of likely N-dealkylation sites (tertiary alicyclic amines) is 1. The number of aromatic hydroxyl groups is 1. The largest absolute Gasteiger partial charge is 0.508 e. The molecule has 1 aliphatic heterocycles. The Balaban J connectivity index is 1.58. The van der Waals surface area contributed by atoms with Crippen molar-refractivity contribution >= 4 is 23.6 Å². The second-order valence-corrected chi connectivity index (χ2v) is 12.6. The number of aliphatic hydroxyl groups excluding tert-OH is 1. The molecule has 0 radical (unpaired) electrons. The summed E-state index contributed by atoms with van der Waals surface area (Å²) in [5.74, 6) is 0.847. The molecule has 5 N–H and O–H groups in total. The topological polar surface area (TPSA) is 116 Å². The van der Waals surface area contributed by atoms with Crippen molar-refractivity contribution in [1.82, 2.24) is 10.2 Å². The minimum Gasteiger partial charge on any atom is -0.508 e. The average molecular weight is 568 g/mol. The number of aliphatic hydroxyl groups is 1. The van der Waals surface area contributed by atoms with E-state index in [2.05, 4.69) is 17.1 Å². The molecule has 0 bridgehead atoms. The maximum atomic E-state index is 13.4. The van der Waals surface area contributed by atoms with Crippen LogP contribution in [0.25, 0.3) is 0 Å². The Morgan fingerprint density at radius 2 is 1.88 bits per heavy atom. The van der Waals surface area contributed by atoms with Crippen molar-refractivity contribution in [3.05, 3.63) is 59.7 Å². The van der Waals surface area contributed by atoms with Gasteiger partial charge in [-0.15, -0.1) is 11.8 Å². The molecule has 40 heavy (non-hydrogen) atoms. The number of nitrogens with two attached hydrogens (primary N) is 1. The Bertz CT molecular complexity index is 1130. The highest BCUT2D eigenvalue weighted by Gasteiger charge is 2.46. The van der Waals surface area contributed by atoms with E-state index in [0.29, 0.717) is 28.7 Å². The van der Waals surface area contributed by atoms with Crippen LogP contribution in [0.4, 0.5) is 0 Å². The van der Waals surface area contributed by atoms with E-state index in [1.165, 1.54) is 12.8 Å². The molecular weight excluding hydrogens is 522 g/mol. The molecule has 0 aromatic heterocycles. The summed E-state index contributed by atoms with van der Waals surface area (Å²) in [4.78, 5) is 29.4. The summed E-state index contributed by atoms with van der Waals surface area (Å²) in [7, 11) is 0. The molecule has 2 aromatic rings. The van der Waals surface area contributed by atoms with Gasteiger partial charge >= 0.3 is 0 Å². The normalized spacial score (nSPS) is 24.6. The van der Waals surface area contributed by atoms with Gasteiger partial charge in [-0.3, -0.25) is 14.5 Å². The lowest BCUT2D eigenvalue weighted by molar-refractivity contribution is -0.132. The lowest BCUT2D eigenvalue weighted by atomic mass is 9.67. The summed E-state index contributed by atoms with van der Waals surface area (Å²) in [5, 5.41) is 24.9. The van der Waals surface area contributed by atoms with Gasteiger partial charge in [-0.05, 0) is 62.3 Å². The molecule has 1 heterocycles. The van der Waals surface area contributed by atoms with Crippen molar-refractivity contribution < 1.29 is 19.8 Å². The fourth-order valence-corrected chi connectivity index (χ4v) is 7.71. The number of unbranched alkanes of at least 4 members (excludes halogenated alkanes) is 1. The molecule has 2 fully saturated rings. The standard InChI is InChI=1S/C32H45N3O4S/c1-3-4-16-27-25-14-9-8-11-22(25)18-28(31(33)38)35(27)19-30(37)26(20-40-23-12-6-5-7-13-23)34-32(39)24-15-10-17-29(36)21(24)2/h5-7,10,12-13,15,17,22,25-28,30,36-37H,3-4,8-9,11,14,16,18-20H2,1-2H3,(H2,33,38)(H,34,39)/t22?,25?,26-,27?,28?,30+/m0/s1. The number of piperidine rings is 1. The van der Waals surface area contributed by atoms with Gasteiger partial charge in [-0.1, -0.05) is 63.3 Å². The Kier molecular flexibility index (Phi) is 10.9. The summed E-state index contributed by atoms with van der Waals surface area (Å²) in [6, 6.07) is 14.0. The number of carbonyl (C=O) groups is 2. The van der Waals surface area contributed by atoms with E-state index in [1.54, 1.807) is 36.9 Å². The van der Waals surface area contributed by atoms with E-state index in [4.69, 9.17) is 5.73 Å². The predicted octanol–water partition coefficient (Wildman–Crippen LogP) is 4.88. The number of benzene rings is 2. The molecule has 6 atom stereocenters. The van der Waals surface area contributed by atoms with E-state index in [1.807, 2.05) is 30.3 Å². The second-order valence-electron chi connectivity index (χ2n) is 11.5. The first-order valence-corrected chi connectivity index (χ1v) is 15.8. The molecule has 4 rings (SSSR count). The Labute approximate surface area is 242 Å². The van der Waals surface area contributed by atoms with E-state index < -0.39 is 18.2 Å².